The number of nitrogens with one attached hydrogen (secondary N) is 1. The Hall–Kier alpha value is -4.59. The number of aliphatic hydroxyl groups is 2. The average molecular weight is 1050 g/mol. The van der Waals surface area contributed by atoms with Crippen molar-refractivity contribution in [3.05, 3.63) is 111 Å². The lowest BCUT2D eigenvalue weighted by molar-refractivity contribution is -0.146. The number of hydrogen-bond acceptors (Lipinski definition) is 14. The summed E-state index contributed by atoms with van der Waals surface area (Å²) in [5.41, 5.74) is 4.82. The number of ether oxygens (including phenoxy) is 3. The van der Waals surface area contributed by atoms with Gasteiger partial charge < -0.3 is 29.3 Å². The fraction of sp³-hybridized carbons (Fsp3) is 0.500. The molecule has 2 aliphatic carbocycles. The Morgan fingerprint density at radius 3 is 2.35 bits per heavy atom. The third-order valence-electron chi connectivity index (χ3n) is 14.0. The first-order valence-electron chi connectivity index (χ1n) is 24.5. The molecule has 0 spiro atoms. The van der Waals surface area contributed by atoms with Crippen molar-refractivity contribution in [2.24, 2.45) is 21.7 Å². The molecule has 1 unspecified atom stereocenters. The lowest BCUT2D eigenvalue weighted by Gasteiger charge is -2.39. The first kappa shape index (κ1) is 52.7. The van der Waals surface area contributed by atoms with E-state index in [2.05, 4.69) is 75.5 Å². The van der Waals surface area contributed by atoms with Crippen molar-refractivity contribution in [3.63, 3.8) is 0 Å². The Morgan fingerprint density at radius 1 is 0.930 bits per heavy atom. The number of sulfonamides is 1. The van der Waals surface area contributed by atoms with Gasteiger partial charge in [-0.3, -0.25) is 9.69 Å². The number of anilines is 2. The van der Waals surface area contributed by atoms with Crippen LogP contribution in [0.1, 0.15) is 87.2 Å². The normalized spacial score (nSPS) is 22.8. The molecule has 3 heterocycles. The molecule has 0 bridgehead atoms. The van der Waals surface area contributed by atoms with Gasteiger partial charge in [0.05, 0.1) is 35.2 Å². The van der Waals surface area contributed by atoms with Crippen molar-refractivity contribution in [2.45, 2.75) is 108 Å². The Balaban J connectivity index is 1.02. The van der Waals surface area contributed by atoms with Crippen LogP contribution in [-0.2, 0) is 20.7 Å². The zero-order chi connectivity index (χ0) is 50.8. The highest BCUT2D eigenvalue weighted by atomic mass is 35.5. The number of aromatic nitrogens is 1. The number of rotatable bonds is 17. The predicted molar refractivity (Wildman–Crippen MR) is 280 cm³/mol. The molecule has 1 saturated heterocycles. The largest absolute Gasteiger partial charge is 0.476 e. The van der Waals surface area contributed by atoms with Crippen LogP contribution in [0.5, 0.6) is 11.6 Å². The fourth-order valence-corrected chi connectivity index (χ4v) is 11.6. The van der Waals surface area contributed by atoms with E-state index in [9.17, 15) is 23.4 Å². The number of allylic oxidation sites excluding steroid dienone is 1. The molecule has 3 aromatic carbocycles. The number of benzene rings is 3. The van der Waals surface area contributed by atoms with E-state index < -0.39 is 35.5 Å². The van der Waals surface area contributed by atoms with Gasteiger partial charge in [-0.2, -0.15) is 0 Å². The summed E-state index contributed by atoms with van der Waals surface area (Å²) in [4.78, 5) is 22.7. The number of amides is 1. The van der Waals surface area contributed by atoms with Crippen LogP contribution in [0.4, 0.5) is 11.4 Å². The molecular weight excluding hydrogens is 982 g/mol. The maximum atomic E-state index is 14.2. The van der Waals surface area contributed by atoms with Gasteiger partial charge in [-0.25, -0.2) is 23.1 Å². The van der Waals surface area contributed by atoms with Gasteiger partial charge in [-0.1, -0.05) is 96.9 Å². The summed E-state index contributed by atoms with van der Waals surface area (Å²) in [5.74, 6) is -3.31. The zero-order valence-electron chi connectivity index (χ0n) is 41.6. The molecule has 1 aromatic heterocycles. The summed E-state index contributed by atoms with van der Waals surface area (Å²) in [6, 6.07) is 22.1. The number of nitrogens with zero attached hydrogens (tertiary/aromatic N) is 6. The van der Waals surface area contributed by atoms with Crippen molar-refractivity contribution in [2.75, 3.05) is 62.6 Å². The van der Waals surface area contributed by atoms with Crippen molar-refractivity contribution in [1.82, 2.24) is 14.6 Å². The number of pyridine rings is 1. The van der Waals surface area contributed by atoms with Crippen LogP contribution in [0, 0.1) is 11.3 Å². The molecule has 1 amide bonds. The van der Waals surface area contributed by atoms with Crippen LogP contribution >= 0.6 is 23.2 Å². The van der Waals surface area contributed by atoms with E-state index in [1.54, 1.807) is 36.4 Å². The second-order valence-electron chi connectivity index (χ2n) is 21.7. The number of fused-ring (bicyclic) bond motifs is 1. The molecular formula is C52H67Cl2N7O8SSi. The molecule has 2 aliphatic heterocycles. The number of piperazine rings is 1. The Bertz CT molecular complexity index is 2740. The van der Waals surface area contributed by atoms with Gasteiger partial charge in [0.2, 0.25) is 5.88 Å². The van der Waals surface area contributed by atoms with Gasteiger partial charge in [-0.15, -0.1) is 0 Å². The smallest absolute Gasteiger partial charge is 0.360 e. The number of hydrogen-bond donors (Lipinski definition) is 3. The molecule has 15 nitrogen and oxygen atoms in total. The molecule has 8 rings (SSSR count). The van der Waals surface area contributed by atoms with Crippen LogP contribution in [0.25, 0.3) is 5.57 Å². The van der Waals surface area contributed by atoms with Crippen LogP contribution in [0.2, 0.25) is 35.7 Å². The minimum Gasteiger partial charge on any atom is -0.476 e. The summed E-state index contributed by atoms with van der Waals surface area (Å²) in [6.07, 6.45) is 7.06. The third kappa shape index (κ3) is 13.3. The van der Waals surface area contributed by atoms with Crippen LogP contribution < -0.4 is 24.1 Å². The van der Waals surface area contributed by atoms with Gasteiger partial charge in [0.15, 0.2) is 0 Å². The van der Waals surface area contributed by atoms with Crippen molar-refractivity contribution >= 4 is 64.2 Å². The number of para-hydroxylation sites is 1. The molecule has 71 heavy (non-hydrogen) atoms. The van der Waals surface area contributed by atoms with Crippen molar-refractivity contribution < 1.29 is 37.6 Å². The topological polar surface area (TPSA) is 179 Å². The van der Waals surface area contributed by atoms with Crippen molar-refractivity contribution in [3.8, 4) is 11.6 Å². The van der Waals surface area contributed by atoms with Crippen LogP contribution in [0.3, 0.4) is 0 Å². The van der Waals surface area contributed by atoms with E-state index in [-0.39, 0.29) is 50.7 Å². The highest BCUT2D eigenvalue weighted by Gasteiger charge is 2.41. The van der Waals surface area contributed by atoms with E-state index in [1.165, 1.54) is 33.9 Å². The Morgan fingerprint density at radius 2 is 1.65 bits per heavy atom. The summed E-state index contributed by atoms with van der Waals surface area (Å²) < 4.78 is 48.1. The van der Waals surface area contributed by atoms with Crippen LogP contribution in [0.15, 0.2) is 99.8 Å². The molecule has 382 valence electrons. The Kier molecular flexibility index (Phi) is 15.9. The lowest BCUT2D eigenvalue weighted by atomic mass is 9.72. The summed E-state index contributed by atoms with van der Waals surface area (Å²) in [6.45, 7) is 17.9. The maximum Gasteiger partial charge on any atom is 0.360 e. The van der Waals surface area contributed by atoms with E-state index in [4.69, 9.17) is 37.4 Å². The fourth-order valence-electron chi connectivity index (χ4n) is 9.48. The van der Waals surface area contributed by atoms with E-state index in [1.807, 2.05) is 19.1 Å². The number of carbonyl (C=O) groups excluding carboxylic acids is 1. The van der Waals surface area contributed by atoms with Gasteiger partial charge in [-0.05, 0) is 123 Å². The summed E-state index contributed by atoms with van der Waals surface area (Å²) in [7, 11) is -5.91. The van der Waals surface area contributed by atoms with Crippen molar-refractivity contribution in [1.29, 1.82) is 0 Å². The molecule has 2 fully saturated rings. The second kappa shape index (κ2) is 21.5. The first-order valence-corrected chi connectivity index (χ1v) is 30.5. The van der Waals surface area contributed by atoms with E-state index >= 15 is 0 Å². The molecule has 4 aliphatic rings. The van der Waals surface area contributed by atoms with Gasteiger partial charge in [0.1, 0.15) is 22.4 Å². The SMILES string of the molecule is CC1(C)CCC(CN2CCN(c3ccc(C(=O)NS(=O)(=O)c4cnc(OCC5CCC(C)(O)CC5)c(Cl)c4)c(OC4(O)N=NN(COCC[Si](C)(C)C)c5ccccc54)c3)CC2)=C(c2ccc(Cl)cc2)C1. The highest BCUT2D eigenvalue weighted by Crippen LogP contribution is 2.44. The van der Waals surface area contributed by atoms with Crippen LogP contribution in [-0.4, -0.2) is 101 Å². The Labute approximate surface area is 429 Å². The zero-order valence-corrected chi connectivity index (χ0v) is 44.9. The number of halogens is 2. The van der Waals surface area contributed by atoms with E-state index in [0.29, 0.717) is 50.5 Å². The van der Waals surface area contributed by atoms with Gasteiger partial charge in [0.25, 0.3) is 15.9 Å². The van der Waals surface area contributed by atoms with Gasteiger partial charge in [0, 0.05) is 64.2 Å². The minimum absolute atomic E-state index is 0.0444. The van der Waals surface area contributed by atoms with Gasteiger partial charge >= 0.3 is 5.91 Å². The molecule has 3 N–H and O–H groups in total. The second-order valence-corrected chi connectivity index (χ2v) is 29.8. The molecule has 1 saturated carbocycles. The molecule has 19 heteroatoms. The summed E-state index contributed by atoms with van der Waals surface area (Å²) in [5, 5.41) is 33.3. The lowest BCUT2D eigenvalue weighted by Crippen LogP contribution is -2.47. The monoisotopic (exact) mass is 1050 g/mol. The third-order valence-corrected chi connectivity index (χ3v) is 17.5. The summed E-state index contributed by atoms with van der Waals surface area (Å²) >= 11 is 12.8. The number of carbonyl (C=O) groups is 1. The maximum absolute atomic E-state index is 14.2. The molecule has 4 aromatic rings. The van der Waals surface area contributed by atoms with E-state index in [0.717, 1.165) is 69.0 Å². The quantitative estimate of drug-likeness (QED) is 0.0519. The first-order chi connectivity index (χ1) is 33.6. The highest BCUT2D eigenvalue weighted by molar-refractivity contribution is 7.90. The standard InChI is InChI=1S/C52H67Cl2N7O8SSi/c1-50(2)20-19-38(43(31-50)37-11-13-39(53)14-12-37)33-59-23-25-60(26-24-59)40-15-16-42(47(29-40)69-52(64)44-9-7-8-10-46(44)61(58-57-52)35-67-27-28-71(4,5)6)48(62)56-70(65,66)41-30-45(54)49(55-32-41)68-34-36-17-21-51(3,63)22-18-36/h7-16,29-30,32,36,63-64H,17-28,31,33-35H2,1-6H3,(H,56,62). The minimum atomic E-state index is -4.55. The molecule has 1 atom stereocenters. The average Bonchev–Trinajstić information content (AvgIpc) is 3.31. The predicted octanol–water partition coefficient (Wildman–Crippen LogP) is 10.3. The molecule has 0 radical (unpaired) electrons.